The summed E-state index contributed by atoms with van der Waals surface area (Å²) < 4.78 is 14.2. The van der Waals surface area contributed by atoms with Crippen molar-refractivity contribution >= 4 is 0 Å². The van der Waals surface area contributed by atoms with Gasteiger partial charge in [-0.05, 0) is 35.1 Å². The second-order valence-electron chi connectivity index (χ2n) is 4.90. The van der Waals surface area contributed by atoms with E-state index in [4.69, 9.17) is 5.11 Å². The molecule has 0 saturated carbocycles. The molecule has 0 heterocycles. The van der Waals surface area contributed by atoms with Gasteiger partial charge in [-0.25, -0.2) is 4.39 Å². The minimum Gasteiger partial charge on any atom is -0.392 e. The predicted molar refractivity (Wildman–Crippen MR) is 76.5 cm³/mol. The lowest BCUT2D eigenvalue weighted by Gasteiger charge is -2.11. The van der Waals surface area contributed by atoms with Crippen LogP contribution in [0.3, 0.4) is 0 Å². The molecule has 0 fully saturated rings. The van der Waals surface area contributed by atoms with E-state index in [-0.39, 0.29) is 12.4 Å². The van der Waals surface area contributed by atoms with Crippen LogP contribution in [0.4, 0.5) is 4.39 Å². The first kappa shape index (κ1) is 13.8. The van der Waals surface area contributed by atoms with Crippen molar-refractivity contribution in [2.45, 2.75) is 32.8 Å². The molecule has 1 atom stereocenters. The van der Waals surface area contributed by atoms with E-state index in [0.717, 1.165) is 23.1 Å². The second-order valence-corrected chi connectivity index (χ2v) is 4.90. The van der Waals surface area contributed by atoms with Gasteiger partial charge in [0.2, 0.25) is 0 Å². The van der Waals surface area contributed by atoms with Gasteiger partial charge in [-0.1, -0.05) is 50.2 Å². The van der Waals surface area contributed by atoms with E-state index >= 15 is 0 Å². The molecule has 2 heteroatoms. The van der Waals surface area contributed by atoms with Gasteiger partial charge < -0.3 is 5.11 Å². The highest BCUT2D eigenvalue weighted by Gasteiger charge is 2.09. The fourth-order valence-corrected chi connectivity index (χ4v) is 2.10. The Balaban J connectivity index is 2.34. The SMILES string of the molecule is CCC(C)c1ccc(-c2ccc(CO)cc2)c(F)c1. The Bertz CT molecular complexity index is 546. The predicted octanol–water partition coefficient (Wildman–Crippen LogP) is 4.50. The molecule has 0 aliphatic carbocycles. The summed E-state index contributed by atoms with van der Waals surface area (Å²) in [5.41, 5.74) is 3.32. The highest BCUT2D eigenvalue weighted by Crippen LogP contribution is 2.27. The van der Waals surface area contributed by atoms with E-state index in [1.165, 1.54) is 0 Å². The van der Waals surface area contributed by atoms with Crippen molar-refractivity contribution < 1.29 is 9.50 Å². The number of aliphatic hydroxyl groups excluding tert-OH is 1. The summed E-state index contributed by atoms with van der Waals surface area (Å²) in [5.74, 6) is 0.190. The maximum absolute atomic E-state index is 14.2. The third kappa shape index (κ3) is 3.02. The van der Waals surface area contributed by atoms with Gasteiger partial charge in [0.05, 0.1) is 6.61 Å². The summed E-state index contributed by atoms with van der Waals surface area (Å²) in [5, 5.41) is 9.00. The molecule has 0 amide bonds. The van der Waals surface area contributed by atoms with Crippen molar-refractivity contribution in [2.24, 2.45) is 0 Å². The summed E-state index contributed by atoms with van der Waals surface area (Å²) in [7, 11) is 0. The van der Waals surface area contributed by atoms with Gasteiger partial charge in [0.15, 0.2) is 0 Å². The van der Waals surface area contributed by atoms with Gasteiger partial charge in [-0.3, -0.25) is 0 Å². The first-order valence-corrected chi connectivity index (χ1v) is 6.65. The molecule has 100 valence electrons. The van der Waals surface area contributed by atoms with Gasteiger partial charge in [0.25, 0.3) is 0 Å². The molecular formula is C17H19FO. The smallest absolute Gasteiger partial charge is 0.131 e. The molecule has 0 aromatic heterocycles. The van der Waals surface area contributed by atoms with Crippen molar-refractivity contribution in [1.82, 2.24) is 0 Å². The molecule has 0 aliphatic rings. The highest BCUT2D eigenvalue weighted by atomic mass is 19.1. The Labute approximate surface area is 113 Å². The lowest BCUT2D eigenvalue weighted by atomic mass is 9.95. The van der Waals surface area contributed by atoms with E-state index in [1.807, 2.05) is 36.4 Å². The van der Waals surface area contributed by atoms with E-state index < -0.39 is 0 Å². The normalized spacial score (nSPS) is 12.4. The third-order valence-electron chi connectivity index (χ3n) is 3.62. The van der Waals surface area contributed by atoms with Gasteiger partial charge in [-0.2, -0.15) is 0 Å². The minimum absolute atomic E-state index is 0.00964. The zero-order valence-corrected chi connectivity index (χ0v) is 11.4. The standard InChI is InChI=1S/C17H19FO/c1-3-12(2)15-8-9-16(17(18)10-15)14-6-4-13(11-19)5-7-14/h4-10,12,19H,3,11H2,1-2H3. The number of benzene rings is 2. The zero-order valence-electron chi connectivity index (χ0n) is 11.4. The number of hydrogen-bond donors (Lipinski definition) is 1. The fraction of sp³-hybridized carbons (Fsp3) is 0.294. The van der Waals surface area contributed by atoms with Crippen LogP contribution in [-0.4, -0.2) is 5.11 Å². The van der Waals surface area contributed by atoms with Crippen LogP contribution in [0.2, 0.25) is 0 Å². The molecule has 1 nitrogen and oxygen atoms in total. The molecule has 2 aromatic carbocycles. The molecule has 0 saturated heterocycles. The van der Waals surface area contributed by atoms with Gasteiger partial charge in [0.1, 0.15) is 5.82 Å². The number of hydrogen-bond acceptors (Lipinski definition) is 1. The quantitative estimate of drug-likeness (QED) is 0.856. The Morgan fingerprint density at radius 3 is 2.32 bits per heavy atom. The monoisotopic (exact) mass is 258 g/mol. The van der Waals surface area contributed by atoms with E-state index in [0.29, 0.717) is 11.5 Å². The summed E-state index contributed by atoms with van der Waals surface area (Å²) in [6.45, 7) is 4.21. The molecule has 0 aliphatic heterocycles. The average Bonchev–Trinajstić information content (AvgIpc) is 2.46. The number of rotatable bonds is 4. The molecule has 1 unspecified atom stereocenters. The van der Waals surface area contributed by atoms with Crippen LogP contribution >= 0.6 is 0 Å². The highest BCUT2D eigenvalue weighted by molar-refractivity contribution is 5.64. The molecular weight excluding hydrogens is 239 g/mol. The average molecular weight is 258 g/mol. The molecule has 0 spiro atoms. The Morgan fingerprint density at radius 1 is 1.11 bits per heavy atom. The first-order chi connectivity index (χ1) is 9.15. The van der Waals surface area contributed by atoms with Crippen LogP contribution in [0.5, 0.6) is 0 Å². The maximum atomic E-state index is 14.2. The second kappa shape index (κ2) is 5.98. The van der Waals surface area contributed by atoms with Gasteiger partial charge in [-0.15, -0.1) is 0 Å². The number of halogens is 1. The van der Waals surface area contributed by atoms with E-state index in [2.05, 4.69) is 13.8 Å². The summed E-state index contributed by atoms with van der Waals surface area (Å²) in [6, 6.07) is 12.8. The van der Waals surface area contributed by atoms with Crippen LogP contribution in [-0.2, 0) is 6.61 Å². The van der Waals surface area contributed by atoms with Gasteiger partial charge >= 0.3 is 0 Å². The molecule has 1 N–H and O–H groups in total. The van der Waals surface area contributed by atoms with Crippen LogP contribution in [0.15, 0.2) is 42.5 Å². The fourth-order valence-electron chi connectivity index (χ4n) is 2.10. The van der Waals surface area contributed by atoms with Crippen molar-refractivity contribution in [3.63, 3.8) is 0 Å². The molecule has 2 rings (SSSR count). The lowest BCUT2D eigenvalue weighted by molar-refractivity contribution is 0.282. The minimum atomic E-state index is -0.186. The molecule has 0 radical (unpaired) electrons. The lowest BCUT2D eigenvalue weighted by Crippen LogP contribution is -1.94. The van der Waals surface area contributed by atoms with Crippen molar-refractivity contribution in [1.29, 1.82) is 0 Å². The molecule has 0 bridgehead atoms. The van der Waals surface area contributed by atoms with Crippen molar-refractivity contribution in [3.05, 3.63) is 59.4 Å². The zero-order chi connectivity index (χ0) is 13.8. The molecule has 19 heavy (non-hydrogen) atoms. The van der Waals surface area contributed by atoms with Crippen LogP contribution in [0.25, 0.3) is 11.1 Å². The molecule has 2 aromatic rings. The van der Waals surface area contributed by atoms with E-state index in [9.17, 15) is 4.39 Å². The van der Waals surface area contributed by atoms with Crippen molar-refractivity contribution in [2.75, 3.05) is 0 Å². The largest absolute Gasteiger partial charge is 0.392 e. The van der Waals surface area contributed by atoms with Crippen molar-refractivity contribution in [3.8, 4) is 11.1 Å². The van der Waals surface area contributed by atoms with Crippen LogP contribution < -0.4 is 0 Å². The first-order valence-electron chi connectivity index (χ1n) is 6.65. The van der Waals surface area contributed by atoms with Crippen LogP contribution in [0.1, 0.15) is 37.3 Å². The summed E-state index contributed by atoms with van der Waals surface area (Å²) in [6.07, 6.45) is 1.00. The maximum Gasteiger partial charge on any atom is 0.131 e. The van der Waals surface area contributed by atoms with Gasteiger partial charge in [0, 0.05) is 5.56 Å². The topological polar surface area (TPSA) is 20.2 Å². The Hall–Kier alpha value is -1.67. The number of aliphatic hydroxyl groups is 1. The summed E-state index contributed by atoms with van der Waals surface area (Å²) in [4.78, 5) is 0. The summed E-state index contributed by atoms with van der Waals surface area (Å²) >= 11 is 0. The Morgan fingerprint density at radius 2 is 1.79 bits per heavy atom. The third-order valence-corrected chi connectivity index (χ3v) is 3.62. The van der Waals surface area contributed by atoms with Crippen LogP contribution in [0, 0.1) is 5.82 Å². The Kier molecular flexibility index (Phi) is 4.33. The van der Waals surface area contributed by atoms with E-state index in [1.54, 1.807) is 6.07 Å².